The Bertz CT molecular complexity index is 1260. The van der Waals surface area contributed by atoms with Crippen LogP contribution < -0.4 is 0 Å². The molecule has 38 heavy (non-hydrogen) atoms. The van der Waals surface area contributed by atoms with Gasteiger partial charge in [0.15, 0.2) is 0 Å². The van der Waals surface area contributed by atoms with Crippen molar-refractivity contribution in [3.63, 3.8) is 0 Å². The van der Waals surface area contributed by atoms with E-state index in [-0.39, 0.29) is 23.9 Å². The van der Waals surface area contributed by atoms with Crippen LogP contribution in [0.15, 0.2) is 91.5 Å². The summed E-state index contributed by atoms with van der Waals surface area (Å²) in [6, 6.07) is 27.0. The molecule has 0 bridgehead atoms. The number of nitrogens with zero attached hydrogens (tertiary/aromatic N) is 1. The van der Waals surface area contributed by atoms with Crippen LogP contribution >= 0.6 is 35.0 Å². The molecule has 3 aromatic rings. The van der Waals surface area contributed by atoms with Gasteiger partial charge in [-0.1, -0.05) is 90.8 Å². The van der Waals surface area contributed by atoms with E-state index in [0.29, 0.717) is 17.4 Å². The summed E-state index contributed by atoms with van der Waals surface area (Å²) in [5, 5.41) is 1.43. The Morgan fingerprint density at radius 2 is 1.74 bits per heavy atom. The highest BCUT2D eigenvalue weighted by Crippen LogP contribution is 2.54. The summed E-state index contributed by atoms with van der Waals surface area (Å²) in [5.74, 6) is 2.75. The molecule has 1 aliphatic heterocycles. The zero-order valence-electron chi connectivity index (χ0n) is 21.9. The molecule has 1 heterocycles. The van der Waals surface area contributed by atoms with E-state index in [9.17, 15) is 4.79 Å². The van der Waals surface area contributed by atoms with Crippen molar-refractivity contribution < 1.29 is 4.79 Å². The first-order valence-electron chi connectivity index (χ1n) is 13.5. The zero-order valence-corrected chi connectivity index (χ0v) is 24.2. The lowest BCUT2D eigenvalue weighted by molar-refractivity contribution is -0.154. The molecule has 5 rings (SSSR count). The number of piperidine rings is 1. The van der Waals surface area contributed by atoms with Crippen molar-refractivity contribution in [3.8, 4) is 0 Å². The van der Waals surface area contributed by atoms with Gasteiger partial charge in [0.05, 0.1) is 11.5 Å². The number of halogens is 2. The highest BCUT2D eigenvalue weighted by molar-refractivity contribution is 7.98. The van der Waals surface area contributed by atoms with E-state index in [0.717, 1.165) is 28.5 Å². The molecule has 198 valence electrons. The number of carbonyl (C=O) groups excluding carboxylic acids is 1. The van der Waals surface area contributed by atoms with Crippen molar-refractivity contribution in [3.05, 3.63) is 118 Å². The van der Waals surface area contributed by atoms with Gasteiger partial charge >= 0.3 is 0 Å². The van der Waals surface area contributed by atoms with Crippen molar-refractivity contribution in [2.45, 2.75) is 56.4 Å². The fourth-order valence-corrected chi connectivity index (χ4v) is 7.59. The molecule has 0 radical (unpaired) electrons. The fraction of sp³-hybridized carbons (Fsp3) is 0.364. The van der Waals surface area contributed by atoms with Crippen LogP contribution in [0, 0.1) is 11.3 Å². The third-order valence-corrected chi connectivity index (χ3v) is 9.71. The van der Waals surface area contributed by atoms with Crippen LogP contribution in [0.3, 0.4) is 0 Å². The molecule has 1 amide bonds. The van der Waals surface area contributed by atoms with Gasteiger partial charge in [-0.15, -0.1) is 6.58 Å². The van der Waals surface area contributed by atoms with Crippen molar-refractivity contribution in [2.75, 3.05) is 5.75 Å². The average Bonchev–Trinajstić information content (AvgIpc) is 3.75. The average molecular weight is 565 g/mol. The van der Waals surface area contributed by atoms with E-state index < -0.39 is 5.41 Å². The van der Waals surface area contributed by atoms with Crippen molar-refractivity contribution >= 4 is 40.9 Å². The van der Waals surface area contributed by atoms with Gasteiger partial charge in [0.2, 0.25) is 5.91 Å². The van der Waals surface area contributed by atoms with Gasteiger partial charge in [0.1, 0.15) is 0 Å². The molecular weight excluding hydrogens is 529 g/mol. The maximum absolute atomic E-state index is 14.6. The lowest BCUT2D eigenvalue weighted by atomic mass is 9.67. The SMILES string of the molecule is C=CCC1(C)CC(c2cccc(Cl)c2)C(c2ccc(Cl)cc2)N([C@H](CSCc2ccccc2)C2CC2)C1=O. The van der Waals surface area contributed by atoms with E-state index in [1.807, 2.05) is 42.1 Å². The number of allylic oxidation sites excluding steroid dienone is 1. The first kappa shape index (κ1) is 27.4. The van der Waals surface area contributed by atoms with Gasteiger partial charge in [-0.05, 0) is 72.6 Å². The third kappa shape index (κ3) is 6.01. The summed E-state index contributed by atoms with van der Waals surface area (Å²) in [4.78, 5) is 16.8. The molecule has 2 fully saturated rings. The minimum Gasteiger partial charge on any atom is -0.330 e. The Morgan fingerprint density at radius 1 is 1.00 bits per heavy atom. The minimum atomic E-state index is -0.519. The van der Waals surface area contributed by atoms with Crippen LogP contribution in [-0.4, -0.2) is 22.6 Å². The van der Waals surface area contributed by atoms with Gasteiger partial charge in [-0.25, -0.2) is 0 Å². The predicted molar refractivity (Wildman–Crippen MR) is 162 cm³/mol. The second kappa shape index (κ2) is 11.9. The Hall–Kier alpha value is -2.20. The third-order valence-electron chi connectivity index (χ3n) is 8.11. The normalized spacial score (nSPS) is 24.3. The second-order valence-corrected chi connectivity index (χ2v) is 12.9. The number of hydrogen-bond acceptors (Lipinski definition) is 2. The molecule has 3 aromatic carbocycles. The lowest BCUT2D eigenvalue weighted by Crippen LogP contribution is -2.56. The molecule has 0 aromatic heterocycles. The topological polar surface area (TPSA) is 20.3 Å². The molecule has 1 saturated carbocycles. The molecule has 2 aliphatic rings. The van der Waals surface area contributed by atoms with Crippen LogP contribution in [0.25, 0.3) is 0 Å². The van der Waals surface area contributed by atoms with Crippen LogP contribution in [0.4, 0.5) is 0 Å². The molecule has 1 aliphatic carbocycles. The zero-order chi connectivity index (χ0) is 26.7. The van der Waals surface area contributed by atoms with Crippen LogP contribution in [0.5, 0.6) is 0 Å². The molecular formula is C33H35Cl2NOS. The van der Waals surface area contributed by atoms with Gasteiger partial charge in [-0.3, -0.25) is 4.79 Å². The largest absolute Gasteiger partial charge is 0.330 e. The predicted octanol–water partition coefficient (Wildman–Crippen LogP) is 9.35. The summed E-state index contributed by atoms with van der Waals surface area (Å²) in [7, 11) is 0. The van der Waals surface area contributed by atoms with Crippen LogP contribution in [0.2, 0.25) is 10.0 Å². The summed E-state index contributed by atoms with van der Waals surface area (Å²) in [6.07, 6.45) is 5.66. The lowest BCUT2D eigenvalue weighted by Gasteiger charge is -2.52. The van der Waals surface area contributed by atoms with Crippen molar-refractivity contribution in [2.24, 2.45) is 11.3 Å². The fourth-order valence-electron chi connectivity index (χ4n) is 6.05. The number of benzene rings is 3. The Kier molecular flexibility index (Phi) is 8.57. The molecule has 0 N–H and O–H groups in total. The Balaban J connectivity index is 1.57. The van der Waals surface area contributed by atoms with Gasteiger partial charge < -0.3 is 4.90 Å². The van der Waals surface area contributed by atoms with E-state index >= 15 is 0 Å². The standard InChI is InChI=1S/C33H35Cl2NOS/c1-3-18-33(2)20-29(26-10-7-11-28(35)19-26)31(25-14-16-27(34)17-15-25)36(32(33)37)30(24-12-13-24)22-38-21-23-8-5-4-6-9-23/h3-11,14-17,19,24,29-31H,1,12-13,18,20-22H2,2H3/t29?,30-,31?,33?/m1/s1. The van der Waals surface area contributed by atoms with E-state index in [1.54, 1.807) is 0 Å². The summed E-state index contributed by atoms with van der Waals surface area (Å²) in [6.45, 7) is 6.15. The van der Waals surface area contributed by atoms with E-state index in [1.165, 1.54) is 24.0 Å². The van der Waals surface area contributed by atoms with Crippen LogP contribution in [-0.2, 0) is 10.5 Å². The van der Waals surface area contributed by atoms with Gasteiger partial charge in [0, 0.05) is 33.5 Å². The van der Waals surface area contributed by atoms with E-state index in [2.05, 4.69) is 73.0 Å². The first-order valence-corrected chi connectivity index (χ1v) is 15.4. The van der Waals surface area contributed by atoms with Gasteiger partial charge in [0.25, 0.3) is 0 Å². The maximum atomic E-state index is 14.6. The molecule has 2 nitrogen and oxygen atoms in total. The number of likely N-dealkylation sites (tertiary alicyclic amines) is 1. The number of carbonyl (C=O) groups is 1. The van der Waals surface area contributed by atoms with Crippen molar-refractivity contribution in [1.29, 1.82) is 0 Å². The minimum absolute atomic E-state index is 0.0842. The highest BCUT2D eigenvalue weighted by Gasteiger charge is 2.53. The molecule has 5 heteroatoms. The summed E-state index contributed by atoms with van der Waals surface area (Å²) < 4.78 is 0. The highest BCUT2D eigenvalue weighted by atomic mass is 35.5. The monoisotopic (exact) mass is 563 g/mol. The smallest absolute Gasteiger partial charge is 0.229 e. The van der Waals surface area contributed by atoms with E-state index in [4.69, 9.17) is 23.2 Å². The number of hydrogen-bond donors (Lipinski definition) is 0. The summed E-state index contributed by atoms with van der Waals surface area (Å²) >= 11 is 14.8. The molecule has 3 unspecified atom stereocenters. The number of amides is 1. The molecule has 0 spiro atoms. The Labute approximate surface area is 241 Å². The second-order valence-electron chi connectivity index (χ2n) is 11.0. The first-order chi connectivity index (χ1) is 18.4. The quantitative estimate of drug-likeness (QED) is 0.229. The van der Waals surface area contributed by atoms with Crippen LogP contribution in [0.1, 0.15) is 61.3 Å². The molecule has 1 saturated heterocycles. The number of rotatable bonds is 10. The van der Waals surface area contributed by atoms with Crippen molar-refractivity contribution in [1.82, 2.24) is 4.90 Å². The van der Waals surface area contributed by atoms with Gasteiger partial charge in [-0.2, -0.15) is 11.8 Å². The Morgan fingerprint density at radius 3 is 2.39 bits per heavy atom. The summed E-state index contributed by atoms with van der Waals surface area (Å²) in [5.41, 5.74) is 3.11. The maximum Gasteiger partial charge on any atom is 0.229 e. The number of thioether (sulfide) groups is 1. The molecule has 4 atom stereocenters.